The van der Waals surface area contributed by atoms with E-state index < -0.39 is 0 Å². The number of benzene rings is 1. The Kier molecular flexibility index (Phi) is 4.95. The summed E-state index contributed by atoms with van der Waals surface area (Å²) in [6.07, 6.45) is 2.28. The van der Waals surface area contributed by atoms with Gasteiger partial charge < -0.3 is 9.64 Å². The third kappa shape index (κ3) is 3.70. The summed E-state index contributed by atoms with van der Waals surface area (Å²) in [5, 5.41) is 3.30. The molecule has 1 amide bonds. The zero-order valence-electron chi connectivity index (χ0n) is 11.9. The smallest absolute Gasteiger partial charge is 0.261 e. The number of amides is 1. The fraction of sp³-hybridized carbons (Fsp3) is 0.467. The average Bonchev–Trinajstić information content (AvgIpc) is 2.92. The Labute approximate surface area is 125 Å². The summed E-state index contributed by atoms with van der Waals surface area (Å²) >= 11 is 5.27. The molecule has 4 nitrogen and oxygen atoms in total. The Balaban J connectivity index is 2.06. The maximum Gasteiger partial charge on any atom is 0.261 e. The predicted molar refractivity (Wildman–Crippen MR) is 83.1 cm³/mol. The van der Waals surface area contributed by atoms with Crippen LogP contribution >= 0.6 is 12.2 Å². The van der Waals surface area contributed by atoms with Crippen LogP contribution in [0.2, 0.25) is 0 Å². The van der Waals surface area contributed by atoms with E-state index in [1.54, 1.807) is 12.1 Å². The molecule has 0 radical (unpaired) electrons. The summed E-state index contributed by atoms with van der Waals surface area (Å²) in [6, 6.07) is 7.22. The van der Waals surface area contributed by atoms with Crippen molar-refractivity contribution in [1.82, 2.24) is 10.2 Å². The zero-order valence-corrected chi connectivity index (χ0v) is 12.7. The molecule has 108 valence electrons. The summed E-state index contributed by atoms with van der Waals surface area (Å²) in [7, 11) is 0. The van der Waals surface area contributed by atoms with Crippen molar-refractivity contribution in [2.75, 3.05) is 13.1 Å². The minimum absolute atomic E-state index is 0.0227. The normalized spacial score (nSPS) is 14.4. The summed E-state index contributed by atoms with van der Waals surface area (Å²) in [5.74, 6) is 0.377. The fourth-order valence-electron chi connectivity index (χ4n) is 2.17. The molecule has 1 aromatic rings. The van der Waals surface area contributed by atoms with Crippen molar-refractivity contribution in [1.29, 1.82) is 0 Å². The highest BCUT2D eigenvalue weighted by molar-refractivity contribution is 7.80. The number of thiocarbonyl (C=S) groups is 1. The van der Waals surface area contributed by atoms with Crippen LogP contribution < -0.4 is 10.1 Å². The number of carbonyl (C=O) groups is 1. The number of hydrogen-bond donors (Lipinski definition) is 1. The quantitative estimate of drug-likeness (QED) is 0.870. The van der Waals surface area contributed by atoms with Gasteiger partial charge in [-0.15, -0.1) is 0 Å². The number of ether oxygens (including phenoxy) is 1. The minimum Gasteiger partial charge on any atom is -0.490 e. The van der Waals surface area contributed by atoms with Crippen LogP contribution in [0.3, 0.4) is 0 Å². The Bertz CT molecular complexity index is 496. The Morgan fingerprint density at radius 3 is 2.60 bits per heavy atom. The SMILES string of the molecule is CC(C)Oc1ccccc1C(=O)NC(=S)N1CCCC1. The van der Waals surface area contributed by atoms with Gasteiger partial charge in [-0.05, 0) is 51.0 Å². The molecular formula is C15H20N2O2S. The highest BCUT2D eigenvalue weighted by atomic mass is 32.1. The highest BCUT2D eigenvalue weighted by Gasteiger charge is 2.19. The van der Waals surface area contributed by atoms with E-state index in [1.165, 1.54) is 0 Å². The first-order valence-corrected chi connectivity index (χ1v) is 7.34. The van der Waals surface area contributed by atoms with Crippen molar-refractivity contribution in [2.24, 2.45) is 0 Å². The summed E-state index contributed by atoms with van der Waals surface area (Å²) in [6.45, 7) is 5.71. The molecular weight excluding hydrogens is 272 g/mol. The second kappa shape index (κ2) is 6.70. The lowest BCUT2D eigenvalue weighted by Crippen LogP contribution is -2.41. The first-order chi connectivity index (χ1) is 9.58. The summed E-state index contributed by atoms with van der Waals surface area (Å²) in [4.78, 5) is 14.3. The molecule has 0 unspecified atom stereocenters. The van der Waals surface area contributed by atoms with Crippen LogP contribution in [0.15, 0.2) is 24.3 Å². The van der Waals surface area contributed by atoms with E-state index >= 15 is 0 Å². The van der Waals surface area contributed by atoms with Gasteiger partial charge in [-0.3, -0.25) is 10.1 Å². The zero-order chi connectivity index (χ0) is 14.5. The molecule has 0 aliphatic carbocycles. The molecule has 2 rings (SSSR count). The molecule has 1 fully saturated rings. The predicted octanol–water partition coefficient (Wildman–Crippen LogP) is 2.58. The lowest BCUT2D eigenvalue weighted by Gasteiger charge is -2.19. The molecule has 1 heterocycles. The maximum atomic E-state index is 12.3. The molecule has 0 aromatic heterocycles. The first kappa shape index (κ1) is 14.8. The standard InChI is InChI=1S/C15H20N2O2S/c1-11(2)19-13-8-4-3-7-12(13)14(18)16-15(20)17-9-5-6-10-17/h3-4,7-8,11H,5-6,9-10H2,1-2H3,(H,16,18,20). The van der Waals surface area contributed by atoms with E-state index in [0.717, 1.165) is 25.9 Å². The summed E-state index contributed by atoms with van der Waals surface area (Å²) < 4.78 is 5.66. The van der Waals surface area contributed by atoms with Gasteiger partial charge in [0.05, 0.1) is 11.7 Å². The number of nitrogens with zero attached hydrogens (tertiary/aromatic N) is 1. The second-order valence-corrected chi connectivity index (χ2v) is 5.50. The average molecular weight is 292 g/mol. The van der Waals surface area contributed by atoms with Crippen molar-refractivity contribution in [3.63, 3.8) is 0 Å². The molecule has 20 heavy (non-hydrogen) atoms. The van der Waals surface area contributed by atoms with Gasteiger partial charge in [0.15, 0.2) is 5.11 Å². The largest absolute Gasteiger partial charge is 0.490 e. The van der Waals surface area contributed by atoms with Gasteiger partial charge in [0.1, 0.15) is 5.75 Å². The van der Waals surface area contributed by atoms with Gasteiger partial charge in [0.25, 0.3) is 5.91 Å². The summed E-state index contributed by atoms with van der Waals surface area (Å²) in [5.41, 5.74) is 0.516. The van der Waals surface area contributed by atoms with Gasteiger partial charge in [-0.25, -0.2) is 0 Å². The van der Waals surface area contributed by atoms with Gasteiger partial charge in [-0.1, -0.05) is 12.1 Å². The Morgan fingerprint density at radius 1 is 1.30 bits per heavy atom. The highest BCUT2D eigenvalue weighted by Crippen LogP contribution is 2.19. The number of rotatable bonds is 3. The Hall–Kier alpha value is -1.62. The molecule has 0 saturated carbocycles. The van der Waals surface area contributed by atoms with Crippen LogP contribution in [0, 0.1) is 0 Å². The Morgan fingerprint density at radius 2 is 1.95 bits per heavy atom. The molecule has 1 aliphatic heterocycles. The van der Waals surface area contributed by atoms with E-state index in [9.17, 15) is 4.79 Å². The third-order valence-electron chi connectivity index (χ3n) is 3.11. The molecule has 1 saturated heterocycles. The van der Waals surface area contributed by atoms with E-state index in [2.05, 4.69) is 5.32 Å². The van der Waals surface area contributed by atoms with Crippen LogP contribution in [0.4, 0.5) is 0 Å². The van der Waals surface area contributed by atoms with Gasteiger partial charge in [-0.2, -0.15) is 0 Å². The molecule has 0 bridgehead atoms. The molecule has 1 aliphatic rings. The number of likely N-dealkylation sites (tertiary alicyclic amines) is 1. The molecule has 0 spiro atoms. The second-order valence-electron chi connectivity index (χ2n) is 5.12. The molecule has 0 atom stereocenters. The van der Waals surface area contributed by atoms with E-state index in [0.29, 0.717) is 16.4 Å². The lowest BCUT2D eigenvalue weighted by atomic mass is 10.2. The van der Waals surface area contributed by atoms with Crippen molar-refractivity contribution in [3.05, 3.63) is 29.8 Å². The van der Waals surface area contributed by atoms with Gasteiger partial charge in [0.2, 0.25) is 0 Å². The van der Waals surface area contributed by atoms with E-state index in [-0.39, 0.29) is 12.0 Å². The third-order valence-corrected chi connectivity index (χ3v) is 3.47. The van der Waals surface area contributed by atoms with Crippen LogP contribution in [0.25, 0.3) is 0 Å². The van der Waals surface area contributed by atoms with Crippen LogP contribution in [-0.4, -0.2) is 35.1 Å². The first-order valence-electron chi connectivity index (χ1n) is 6.94. The van der Waals surface area contributed by atoms with E-state index in [4.69, 9.17) is 17.0 Å². The number of hydrogen-bond acceptors (Lipinski definition) is 3. The van der Waals surface area contributed by atoms with Crippen molar-refractivity contribution < 1.29 is 9.53 Å². The lowest BCUT2D eigenvalue weighted by molar-refractivity contribution is 0.0968. The van der Waals surface area contributed by atoms with Crippen molar-refractivity contribution in [2.45, 2.75) is 32.8 Å². The van der Waals surface area contributed by atoms with Gasteiger partial charge in [0, 0.05) is 13.1 Å². The minimum atomic E-state index is -0.210. The molecule has 1 N–H and O–H groups in total. The van der Waals surface area contributed by atoms with Gasteiger partial charge >= 0.3 is 0 Å². The van der Waals surface area contributed by atoms with Crippen molar-refractivity contribution in [3.8, 4) is 5.75 Å². The van der Waals surface area contributed by atoms with Crippen molar-refractivity contribution >= 4 is 23.2 Å². The fourth-order valence-corrected chi connectivity index (χ4v) is 2.45. The monoisotopic (exact) mass is 292 g/mol. The maximum absolute atomic E-state index is 12.3. The molecule has 1 aromatic carbocycles. The van der Waals surface area contributed by atoms with Crippen LogP contribution in [0.5, 0.6) is 5.75 Å². The molecule has 5 heteroatoms. The topological polar surface area (TPSA) is 41.6 Å². The van der Waals surface area contributed by atoms with E-state index in [1.807, 2.05) is 30.9 Å². The van der Waals surface area contributed by atoms with Crippen LogP contribution in [0.1, 0.15) is 37.0 Å². The number of carbonyl (C=O) groups excluding carboxylic acids is 1. The van der Waals surface area contributed by atoms with Crippen LogP contribution in [-0.2, 0) is 0 Å². The number of para-hydroxylation sites is 1. The number of nitrogens with one attached hydrogen (secondary N) is 1.